The molecule has 0 aliphatic heterocycles. The fraction of sp³-hybridized carbons (Fsp3) is 0.429. The molecule has 0 saturated heterocycles. The van der Waals surface area contributed by atoms with Gasteiger partial charge in [0.2, 0.25) is 0 Å². The van der Waals surface area contributed by atoms with Gasteiger partial charge in [0.15, 0.2) is 5.78 Å². The van der Waals surface area contributed by atoms with Crippen LogP contribution in [-0.2, 0) is 9.59 Å². The zero-order valence-corrected chi connectivity index (χ0v) is 10.4. The van der Waals surface area contributed by atoms with Gasteiger partial charge in [-0.05, 0) is 32.5 Å². The number of nitrogens with zero attached hydrogens (tertiary/aromatic N) is 1. The number of aldehydes is 1. The van der Waals surface area contributed by atoms with E-state index in [-0.39, 0.29) is 11.8 Å². The molecule has 92 valence electrons. The Kier molecular flexibility index (Phi) is 5.57. The summed E-state index contributed by atoms with van der Waals surface area (Å²) in [4.78, 5) is 24.0. The Morgan fingerprint density at radius 1 is 1.35 bits per heavy atom. The molecular formula is C14H19NO2. The minimum Gasteiger partial charge on any atom is -0.303 e. The zero-order valence-electron chi connectivity index (χ0n) is 10.4. The molecule has 1 aromatic rings. The number of benzene rings is 1. The van der Waals surface area contributed by atoms with Gasteiger partial charge in [0.25, 0.3) is 0 Å². The van der Waals surface area contributed by atoms with E-state index in [1.807, 2.05) is 42.3 Å². The normalized spacial score (nSPS) is 12.4. The van der Waals surface area contributed by atoms with Crippen molar-refractivity contribution in [3.05, 3.63) is 35.9 Å². The van der Waals surface area contributed by atoms with Gasteiger partial charge in [-0.15, -0.1) is 0 Å². The van der Waals surface area contributed by atoms with E-state index in [1.165, 1.54) is 0 Å². The quantitative estimate of drug-likeness (QED) is 0.535. The number of ketones is 1. The van der Waals surface area contributed by atoms with E-state index in [0.29, 0.717) is 6.42 Å². The highest BCUT2D eigenvalue weighted by atomic mass is 16.1. The first-order valence-corrected chi connectivity index (χ1v) is 5.86. The van der Waals surface area contributed by atoms with Crippen molar-refractivity contribution in [1.29, 1.82) is 0 Å². The highest BCUT2D eigenvalue weighted by molar-refractivity contribution is 5.82. The van der Waals surface area contributed by atoms with E-state index in [1.54, 1.807) is 6.92 Å². The van der Waals surface area contributed by atoms with Gasteiger partial charge in [0.1, 0.15) is 6.29 Å². The van der Waals surface area contributed by atoms with Gasteiger partial charge in [-0.25, -0.2) is 0 Å². The molecule has 1 aromatic carbocycles. The summed E-state index contributed by atoms with van der Waals surface area (Å²) in [5.41, 5.74) is 1.01. The number of unbranched alkanes of at least 4 members (excludes halogenated alkanes) is 1. The van der Waals surface area contributed by atoms with Gasteiger partial charge in [-0.3, -0.25) is 9.69 Å². The second-order valence-corrected chi connectivity index (χ2v) is 4.21. The van der Waals surface area contributed by atoms with Crippen LogP contribution in [0.4, 0.5) is 0 Å². The summed E-state index contributed by atoms with van der Waals surface area (Å²) < 4.78 is 0. The molecule has 1 unspecified atom stereocenters. The van der Waals surface area contributed by atoms with Crippen LogP contribution in [0.25, 0.3) is 0 Å². The molecule has 3 heteroatoms. The molecule has 0 amide bonds. The maximum Gasteiger partial charge on any atom is 0.151 e. The molecule has 17 heavy (non-hydrogen) atoms. The van der Waals surface area contributed by atoms with Crippen molar-refractivity contribution in [2.24, 2.45) is 0 Å². The molecule has 0 aliphatic carbocycles. The average molecular weight is 233 g/mol. The number of hydrogen-bond donors (Lipinski definition) is 0. The van der Waals surface area contributed by atoms with Crippen molar-refractivity contribution in [3.63, 3.8) is 0 Å². The van der Waals surface area contributed by atoms with Crippen LogP contribution in [0.5, 0.6) is 0 Å². The van der Waals surface area contributed by atoms with Gasteiger partial charge in [0.05, 0.1) is 6.04 Å². The predicted octanol–water partition coefficient (Wildman–Crippen LogP) is 2.23. The lowest BCUT2D eigenvalue weighted by Gasteiger charge is -2.26. The topological polar surface area (TPSA) is 37.4 Å². The van der Waals surface area contributed by atoms with Crippen molar-refractivity contribution < 1.29 is 9.59 Å². The molecule has 0 N–H and O–H groups in total. The fourth-order valence-electron chi connectivity index (χ4n) is 1.99. The van der Waals surface area contributed by atoms with Crippen LogP contribution in [0, 0.1) is 0 Å². The number of carbonyl (C=O) groups is 2. The first-order valence-electron chi connectivity index (χ1n) is 5.86. The summed E-state index contributed by atoms with van der Waals surface area (Å²) in [6.07, 6.45) is 2.25. The van der Waals surface area contributed by atoms with Crippen LogP contribution in [-0.4, -0.2) is 30.6 Å². The van der Waals surface area contributed by atoms with Crippen molar-refractivity contribution in [3.8, 4) is 0 Å². The summed E-state index contributed by atoms with van der Waals surface area (Å²) in [5, 5.41) is 0. The molecule has 0 radical (unpaired) electrons. The molecule has 1 atom stereocenters. The summed E-state index contributed by atoms with van der Waals surface area (Å²) in [6.45, 7) is 2.35. The molecule has 0 fully saturated rings. The highest BCUT2D eigenvalue weighted by Crippen LogP contribution is 2.20. The zero-order chi connectivity index (χ0) is 12.7. The first-order chi connectivity index (χ1) is 8.16. The van der Waals surface area contributed by atoms with Crippen LogP contribution in [0.15, 0.2) is 30.3 Å². The summed E-state index contributed by atoms with van der Waals surface area (Å²) in [6, 6.07) is 9.52. The van der Waals surface area contributed by atoms with E-state index in [4.69, 9.17) is 0 Å². The Morgan fingerprint density at radius 3 is 2.53 bits per heavy atom. The largest absolute Gasteiger partial charge is 0.303 e. The van der Waals surface area contributed by atoms with E-state index in [0.717, 1.165) is 24.8 Å². The molecular weight excluding hydrogens is 214 g/mol. The first kappa shape index (κ1) is 13.6. The lowest BCUT2D eigenvalue weighted by Crippen LogP contribution is -2.30. The summed E-state index contributed by atoms with van der Waals surface area (Å²) in [5.74, 6) is 0.129. The van der Waals surface area contributed by atoms with Crippen molar-refractivity contribution in [1.82, 2.24) is 4.90 Å². The Morgan fingerprint density at radius 2 is 2.00 bits per heavy atom. The maximum absolute atomic E-state index is 11.7. The Labute approximate surface area is 102 Å². The standard InChI is InChI=1S/C14H19NO2/c1-12(17)14(13-8-4-3-5-9-13)15(2)10-6-7-11-16/h3-5,8-9,11,14H,6-7,10H2,1-2H3. The average Bonchev–Trinajstić information content (AvgIpc) is 2.30. The molecule has 0 aromatic heterocycles. The SMILES string of the molecule is CC(=O)C(c1ccccc1)N(C)CCCC=O. The maximum atomic E-state index is 11.7. The van der Waals surface area contributed by atoms with Crippen LogP contribution in [0.1, 0.15) is 31.4 Å². The van der Waals surface area contributed by atoms with Gasteiger partial charge in [-0.2, -0.15) is 0 Å². The fourth-order valence-corrected chi connectivity index (χ4v) is 1.99. The molecule has 0 spiro atoms. The number of rotatable bonds is 7. The van der Waals surface area contributed by atoms with Gasteiger partial charge in [0, 0.05) is 6.42 Å². The monoisotopic (exact) mass is 233 g/mol. The van der Waals surface area contributed by atoms with Gasteiger partial charge < -0.3 is 4.79 Å². The van der Waals surface area contributed by atoms with E-state index in [2.05, 4.69) is 0 Å². The third kappa shape index (κ3) is 4.11. The van der Waals surface area contributed by atoms with Crippen molar-refractivity contribution >= 4 is 12.1 Å². The molecule has 0 saturated carbocycles. The van der Waals surface area contributed by atoms with Crippen LogP contribution in [0.3, 0.4) is 0 Å². The molecule has 0 aliphatic rings. The van der Waals surface area contributed by atoms with Gasteiger partial charge >= 0.3 is 0 Å². The highest BCUT2D eigenvalue weighted by Gasteiger charge is 2.20. The van der Waals surface area contributed by atoms with E-state index in [9.17, 15) is 9.59 Å². The van der Waals surface area contributed by atoms with Crippen molar-refractivity contribution in [2.75, 3.05) is 13.6 Å². The third-order valence-corrected chi connectivity index (χ3v) is 2.77. The molecule has 0 heterocycles. The van der Waals surface area contributed by atoms with Crippen LogP contribution >= 0.6 is 0 Å². The Balaban J connectivity index is 2.72. The van der Waals surface area contributed by atoms with Gasteiger partial charge in [-0.1, -0.05) is 30.3 Å². The minimum absolute atomic E-state index is 0.129. The Bertz CT molecular complexity index is 362. The minimum atomic E-state index is -0.206. The lowest BCUT2D eigenvalue weighted by molar-refractivity contribution is -0.121. The molecule has 0 bridgehead atoms. The number of Topliss-reactive ketones (excluding diaryl/α,β-unsaturated/α-hetero) is 1. The third-order valence-electron chi connectivity index (χ3n) is 2.77. The number of carbonyl (C=O) groups excluding carboxylic acids is 2. The molecule has 1 rings (SSSR count). The van der Waals surface area contributed by atoms with E-state index < -0.39 is 0 Å². The van der Waals surface area contributed by atoms with Crippen LogP contribution in [0.2, 0.25) is 0 Å². The summed E-state index contributed by atoms with van der Waals surface area (Å²) >= 11 is 0. The summed E-state index contributed by atoms with van der Waals surface area (Å²) in [7, 11) is 1.92. The second-order valence-electron chi connectivity index (χ2n) is 4.21. The predicted molar refractivity (Wildman–Crippen MR) is 67.8 cm³/mol. The smallest absolute Gasteiger partial charge is 0.151 e. The van der Waals surface area contributed by atoms with E-state index >= 15 is 0 Å². The Hall–Kier alpha value is -1.48. The lowest BCUT2D eigenvalue weighted by atomic mass is 10.0. The number of likely N-dealkylation sites (N-methyl/N-ethyl adjacent to an activating group) is 1. The number of hydrogen-bond acceptors (Lipinski definition) is 3. The molecule has 3 nitrogen and oxygen atoms in total. The van der Waals surface area contributed by atoms with Crippen LogP contribution < -0.4 is 0 Å². The second kappa shape index (κ2) is 6.97. The van der Waals surface area contributed by atoms with Crippen molar-refractivity contribution in [2.45, 2.75) is 25.8 Å².